The second-order valence-electron chi connectivity index (χ2n) is 9.89. The summed E-state index contributed by atoms with van der Waals surface area (Å²) in [6.07, 6.45) is 2.48. The van der Waals surface area contributed by atoms with Crippen LogP contribution in [0.15, 0.2) is 83.8 Å². The smallest absolute Gasteiger partial charge is 0.294 e. The molecule has 0 spiro atoms. The van der Waals surface area contributed by atoms with Crippen molar-refractivity contribution in [2.75, 3.05) is 13.1 Å². The van der Waals surface area contributed by atoms with E-state index in [1.54, 1.807) is 11.0 Å². The first kappa shape index (κ1) is 28.2. The van der Waals surface area contributed by atoms with E-state index in [0.29, 0.717) is 24.6 Å². The van der Waals surface area contributed by atoms with Gasteiger partial charge in [0.15, 0.2) is 0 Å². The quantitative estimate of drug-likeness (QED) is 0.152. The molecule has 2 heterocycles. The van der Waals surface area contributed by atoms with Crippen LogP contribution < -0.4 is 4.74 Å². The van der Waals surface area contributed by atoms with E-state index >= 15 is 0 Å². The maximum absolute atomic E-state index is 13.1. The Hall–Kier alpha value is -2.90. The minimum absolute atomic E-state index is 0.222. The molecule has 0 aliphatic carbocycles. The zero-order chi connectivity index (χ0) is 28.5. The predicted octanol–water partition coefficient (Wildman–Crippen LogP) is 7.25. The number of ether oxygens (including phenoxy) is 1. The van der Waals surface area contributed by atoms with Crippen LogP contribution >= 0.6 is 56.9 Å². The normalized spacial score (nSPS) is 16.0. The van der Waals surface area contributed by atoms with E-state index in [0.717, 1.165) is 52.7 Å². The number of thioether (sulfide) groups is 1. The predicted molar refractivity (Wildman–Crippen MR) is 178 cm³/mol. The van der Waals surface area contributed by atoms with Crippen LogP contribution in [0, 0.1) is 7.14 Å². The molecule has 1 saturated heterocycles. The van der Waals surface area contributed by atoms with Crippen molar-refractivity contribution in [2.24, 2.45) is 0 Å². The second kappa shape index (κ2) is 12.1. The summed E-state index contributed by atoms with van der Waals surface area (Å²) in [5.41, 5.74) is 4.22. The van der Waals surface area contributed by atoms with Gasteiger partial charge in [-0.05, 0) is 121 Å². The van der Waals surface area contributed by atoms with Gasteiger partial charge in [0.25, 0.3) is 11.1 Å². The summed E-state index contributed by atoms with van der Waals surface area (Å²) in [6.45, 7) is 1.26. The zero-order valence-corrected chi connectivity index (χ0v) is 26.9. The van der Waals surface area contributed by atoms with Crippen molar-refractivity contribution in [2.45, 2.75) is 19.6 Å². The fourth-order valence-electron chi connectivity index (χ4n) is 5.02. The first-order chi connectivity index (χ1) is 19.9. The molecule has 0 aromatic heterocycles. The third-order valence-corrected chi connectivity index (χ3v) is 9.68. The van der Waals surface area contributed by atoms with Crippen molar-refractivity contribution in [1.82, 2.24) is 9.80 Å². The van der Waals surface area contributed by atoms with Crippen LogP contribution in [0.25, 0.3) is 16.8 Å². The lowest BCUT2D eigenvalue weighted by molar-refractivity contribution is -0.136. The molecule has 2 aliphatic heterocycles. The van der Waals surface area contributed by atoms with Gasteiger partial charge >= 0.3 is 0 Å². The van der Waals surface area contributed by atoms with E-state index in [1.165, 1.54) is 16.3 Å². The van der Waals surface area contributed by atoms with E-state index in [1.807, 2.05) is 42.5 Å². The molecule has 4 aromatic carbocycles. The van der Waals surface area contributed by atoms with Gasteiger partial charge in [0.1, 0.15) is 18.9 Å². The van der Waals surface area contributed by atoms with Crippen LogP contribution in [-0.2, 0) is 29.2 Å². The number of hydrogen-bond donors (Lipinski definition) is 0. The Balaban J connectivity index is 1.12. The van der Waals surface area contributed by atoms with E-state index in [2.05, 4.69) is 81.6 Å². The summed E-state index contributed by atoms with van der Waals surface area (Å²) in [5, 5.41) is 1.94. The molecule has 0 saturated carbocycles. The molecule has 4 aromatic rings. The molecule has 41 heavy (non-hydrogen) atoms. The molecular formula is C32H24I2N2O4S. The third kappa shape index (κ3) is 6.17. The molecule has 0 bridgehead atoms. The van der Waals surface area contributed by atoms with Gasteiger partial charge in [-0.25, -0.2) is 0 Å². The largest absolute Gasteiger partial charge is 0.487 e. The van der Waals surface area contributed by atoms with Gasteiger partial charge in [0.2, 0.25) is 5.91 Å². The number of rotatable bonds is 6. The average Bonchev–Trinajstić information content (AvgIpc) is 3.23. The Morgan fingerprint density at radius 2 is 1.61 bits per heavy atom. The first-order valence-electron chi connectivity index (χ1n) is 13.0. The van der Waals surface area contributed by atoms with E-state index < -0.39 is 11.1 Å². The van der Waals surface area contributed by atoms with Gasteiger partial charge in [0.05, 0.1) is 12.0 Å². The molecular weight excluding hydrogens is 762 g/mol. The maximum Gasteiger partial charge on any atom is 0.294 e. The van der Waals surface area contributed by atoms with Crippen LogP contribution in [0.4, 0.5) is 4.79 Å². The van der Waals surface area contributed by atoms with Crippen molar-refractivity contribution in [1.29, 1.82) is 0 Å². The van der Waals surface area contributed by atoms with Crippen molar-refractivity contribution >= 4 is 90.8 Å². The number of nitrogens with zero attached hydrogens (tertiary/aromatic N) is 2. The van der Waals surface area contributed by atoms with Crippen molar-refractivity contribution in [3.63, 3.8) is 0 Å². The molecule has 0 radical (unpaired) electrons. The van der Waals surface area contributed by atoms with E-state index in [9.17, 15) is 14.4 Å². The van der Waals surface area contributed by atoms with Gasteiger partial charge in [-0.3, -0.25) is 19.3 Å². The number of halogens is 2. The third-order valence-electron chi connectivity index (χ3n) is 7.17. The van der Waals surface area contributed by atoms with Crippen LogP contribution in [0.2, 0.25) is 0 Å². The van der Waals surface area contributed by atoms with Crippen molar-refractivity contribution < 1.29 is 19.1 Å². The lowest BCUT2D eigenvalue weighted by Crippen LogP contribution is -2.44. The van der Waals surface area contributed by atoms with Gasteiger partial charge in [0, 0.05) is 13.1 Å². The van der Waals surface area contributed by atoms with Gasteiger partial charge in [-0.2, -0.15) is 0 Å². The Kier molecular flexibility index (Phi) is 8.36. The number of carbonyl (C=O) groups is 3. The fraction of sp³-hybridized carbons (Fsp3) is 0.156. The number of amides is 3. The Labute approximate surface area is 269 Å². The molecule has 6 rings (SSSR count). The van der Waals surface area contributed by atoms with Crippen molar-refractivity contribution in [3.05, 3.63) is 113 Å². The monoisotopic (exact) mass is 786 g/mol. The van der Waals surface area contributed by atoms with Gasteiger partial charge < -0.3 is 9.64 Å². The van der Waals surface area contributed by atoms with Crippen LogP contribution in [-0.4, -0.2) is 39.9 Å². The highest BCUT2D eigenvalue weighted by molar-refractivity contribution is 14.1. The average molecular weight is 786 g/mol. The molecule has 3 amide bonds. The molecule has 206 valence electrons. The van der Waals surface area contributed by atoms with Crippen molar-refractivity contribution in [3.8, 4) is 5.75 Å². The van der Waals surface area contributed by atoms with Crippen LogP contribution in [0.5, 0.6) is 5.75 Å². The summed E-state index contributed by atoms with van der Waals surface area (Å²) >= 11 is 5.33. The highest BCUT2D eigenvalue weighted by Crippen LogP contribution is 2.35. The molecule has 0 atom stereocenters. The maximum atomic E-state index is 13.1. The highest BCUT2D eigenvalue weighted by Gasteiger charge is 2.37. The van der Waals surface area contributed by atoms with Gasteiger partial charge in [-0.1, -0.05) is 60.7 Å². The fourth-order valence-corrected chi connectivity index (χ4v) is 7.98. The summed E-state index contributed by atoms with van der Waals surface area (Å²) in [6, 6.07) is 26.4. The molecule has 0 unspecified atom stereocenters. The highest BCUT2D eigenvalue weighted by atomic mass is 127. The number of imide groups is 1. The molecule has 1 fully saturated rings. The summed E-state index contributed by atoms with van der Waals surface area (Å²) in [5.74, 6) is 0.116. The second-order valence-corrected chi connectivity index (χ2v) is 13.2. The Morgan fingerprint density at radius 1 is 0.902 bits per heavy atom. The topological polar surface area (TPSA) is 66.9 Å². The number of benzene rings is 4. The summed E-state index contributed by atoms with van der Waals surface area (Å²) in [7, 11) is 0. The summed E-state index contributed by atoms with van der Waals surface area (Å²) in [4.78, 5) is 42.0. The standard InChI is InChI=1S/C32H24I2N2O4S/c33-26-14-21(15-27(34)30(26)40-19-20-9-10-22-5-1-3-7-24(22)13-20)16-28-31(38)36(32(39)41-28)18-29(37)35-12-11-23-6-2-4-8-25(23)17-35/h1-10,13-16H,11-12,17-19H2/b28-16-. The lowest BCUT2D eigenvalue weighted by atomic mass is 10.00. The molecule has 2 aliphatic rings. The Morgan fingerprint density at radius 3 is 2.39 bits per heavy atom. The number of fused-ring (bicyclic) bond motifs is 2. The first-order valence-corrected chi connectivity index (χ1v) is 16.0. The molecule has 9 heteroatoms. The molecule has 6 nitrogen and oxygen atoms in total. The van der Waals surface area contributed by atoms with Crippen LogP contribution in [0.3, 0.4) is 0 Å². The minimum Gasteiger partial charge on any atom is -0.487 e. The Bertz CT molecular complexity index is 1720. The minimum atomic E-state index is -0.438. The molecule has 0 N–H and O–H groups in total. The van der Waals surface area contributed by atoms with E-state index in [4.69, 9.17) is 4.74 Å². The lowest BCUT2D eigenvalue weighted by Gasteiger charge is -2.29. The number of carbonyl (C=O) groups excluding carboxylic acids is 3. The van der Waals surface area contributed by atoms with Crippen LogP contribution in [0.1, 0.15) is 22.3 Å². The summed E-state index contributed by atoms with van der Waals surface area (Å²) < 4.78 is 8.00. The van der Waals surface area contributed by atoms with E-state index in [-0.39, 0.29) is 12.5 Å². The van der Waals surface area contributed by atoms with Gasteiger partial charge in [-0.15, -0.1) is 0 Å². The number of hydrogen-bond acceptors (Lipinski definition) is 5. The zero-order valence-electron chi connectivity index (χ0n) is 21.8. The SMILES string of the molecule is O=C(CN1C(=O)S/C(=C\c2cc(I)c(OCc3ccc4ccccc4c3)c(I)c2)C1=O)N1CCc2ccccc2C1.